The van der Waals surface area contributed by atoms with Gasteiger partial charge in [0.1, 0.15) is 5.82 Å². The van der Waals surface area contributed by atoms with Crippen molar-refractivity contribution in [1.82, 2.24) is 15.2 Å². The van der Waals surface area contributed by atoms with Crippen LogP contribution in [-0.2, 0) is 0 Å². The molecule has 1 aromatic heterocycles. The van der Waals surface area contributed by atoms with E-state index in [-0.39, 0.29) is 0 Å². The van der Waals surface area contributed by atoms with Crippen LogP contribution in [0.4, 0.5) is 5.69 Å². The van der Waals surface area contributed by atoms with Crippen molar-refractivity contribution >= 4 is 5.69 Å². The number of H-pyrrole nitrogens is 1. The summed E-state index contributed by atoms with van der Waals surface area (Å²) in [5, 5.41) is 7.45. The van der Waals surface area contributed by atoms with E-state index in [4.69, 9.17) is 5.73 Å². The molecule has 4 heteroatoms. The SMILES string of the molecule is Cc1cccc(-c2n[nH]c(C3CCCCC3)n2)c1N. The molecule has 0 bridgehead atoms. The number of aromatic nitrogens is 3. The Morgan fingerprint density at radius 2 is 2.00 bits per heavy atom. The Balaban J connectivity index is 1.90. The van der Waals surface area contributed by atoms with Crippen LogP contribution >= 0.6 is 0 Å². The van der Waals surface area contributed by atoms with Gasteiger partial charge in [-0.25, -0.2) is 4.98 Å². The van der Waals surface area contributed by atoms with Crippen LogP contribution in [0.25, 0.3) is 11.4 Å². The number of nitrogens with two attached hydrogens (primary N) is 1. The number of hydrogen-bond acceptors (Lipinski definition) is 3. The molecule has 0 saturated heterocycles. The summed E-state index contributed by atoms with van der Waals surface area (Å²) >= 11 is 0. The van der Waals surface area contributed by atoms with E-state index in [1.807, 2.05) is 25.1 Å². The van der Waals surface area contributed by atoms with Gasteiger partial charge in [-0.3, -0.25) is 5.10 Å². The largest absolute Gasteiger partial charge is 0.398 e. The maximum Gasteiger partial charge on any atom is 0.183 e. The minimum Gasteiger partial charge on any atom is -0.398 e. The van der Waals surface area contributed by atoms with Crippen LogP contribution in [0.15, 0.2) is 18.2 Å². The number of aryl methyl sites for hydroxylation is 1. The molecule has 1 aromatic carbocycles. The summed E-state index contributed by atoms with van der Waals surface area (Å²) in [6, 6.07) is 5.99. The van der Waals surface area contributed by atoms with Gasteiger partial charge in [-0.1, -0.05) is 31.4 Å². The van der Waals surface area contributed by atoms with Gasteiger partial charge < -0.3 is 5.73 Å². The van der Waals surface area contributed by atoms with Crippen LogP contribution in [-0.4, -0.2) is 15.2 Å². The number of nitrogens with one attached hydrogen (secondary N) is 1. The Bertz CT molecular complexity index is 567. The lowest BCUT2D eigenvalue weighted by atomic mass is 9.89. The molecule has 2 aromatic rings. The van der Waals surface area contributed by atoms with Crippen LogP contribution in [0, 0.1) is 6.92 Å². The van der Waals surface area contributed by atoms with Crippen molar-refractivity contribution < 1.29 is 0 Å². The van der Waals surface area contributed by atoms with Crippen LogP contribution in [0.5, 0.6) is 0 Å². The Hall–Kier alpha value is -1.84. The summed E-state index contributed by atoms with van der Waals surface area (Å²) < 4.78 is 0. The molecule has 100 valence electrons. The van der Waals surface area contributed by atoms with Gasteiger partial charge in [0, 0.05) is 17.2 Å². The fourth-order valence-corrected chi connectivity index (χ4v) is 2.83. The third-order valence-electron chi connectivity index (χ3n) is 4.06. The van der Waals surface area contributed by atoms with E-state index in [0.29, 0.717) is 5.92 Å². The van der Waals surface area contributed by atoms with Crippen molar-refractivity contribution in [2.45, 2.75) is 44.9 Å². The number of nitrogens with zero attached hydrogens (tertiary/aromatic N) is 2. The lowest BCUT2D eigenvalue weighted by Gasteiger charge is -2.18. The predicted octanol–water partition coefficient (Wildman–Crippen LogP) is 3.41. The molecule has 4 nitrogen and oxygen atoms in total. The van der Waals surface area contributed by atoms with Gasteiger partial charge >= 0.3 is 0 Å². The molecule has 19 heavy (non-hydrogen) atoms. The number of para-hydroxylation sites is 1. The lowest BCUT2D eigenvalue weighted by Crippen LogP contribution is -2.06. The lowest BCUT2D eigenvalue weighted by molar-refractivity contribution is 0.429. The quantitative estimate of drug-likeness (QED) is 0.809. The van der Waals surface area contributed by atoms with Gasteiger partial charge in [-0.2, -0.15) is 5.10 Å². The fraction of sp³-hybridized carbons (Fsp3) is 0.467. The summed E-state index contributed by atoms with van der Waals surface area (Å²) in [7, 11) is 0. The van der Waals surface area contributed by atoms with E-state index >= 15 is 0 Å². The topological polar surface area (TPSA) is 67.6 Å². The van der Waals surface area contributed by atoms with Crippen LogP contribution in [0.1, 0.15) is 49.4 Å². The first-order valence-corrected chi connectivity index (χ1v) is 7.03. The minimum atomic E-state index is 0.543. The zero-order chi connectivity index (χ0) is 13.2. The van der Waals surface area contributed by atoms with E-state index in [9.17, 15) is 0 Å². The summed E-state index contributed by atoms with van der Waals surface area (Å²) in [6.45, 7) is 2.01. The number of hydrogen-bond donors (Lipinski definition) is 2. The van der Waals surface area contributed by atoms with E-state index in [2.05, 4.69) is 15.2 Å². The van der Waals surface area contributed by atoms with Gasteiger partial charge in [0.25, 0.3) is 0 Å². The van der Waals surface area contributed by atoms with Crippen LogP contribution < -0.4 is 5.73 Å². The second-order valence-electron chi connectivity index (χ2n) is 5.42. The number of anilines is 1. The van der Waals surface area contributed by atoms with Gasteiger partial charge in [-0.15, -0.1) is 0 Å². The second kappa shape index (κ2) is 5.03. The molecule has 0 radical (unpaired) electrons. The Labute approximate surface area is 113 Å². The third-order valence-corrected chi connectivity index (χ3v) is 4.06. The van der Waals surface area contributed by atoms with E-state index in [0.717, 1.165) is 28.5 Å². The van der Waals surface area contributed by atoms with Crippen molar-refractivity contribution in [2.75, 3.05) is 5.73 Å². The third kappa shape index (κ3) is 2.35. The summed E-state index contributed by atoms with van der Waals surface area (Å²) in [5.41, 5.74) is 8.88. The molecule has 0 amide bonds. The molecule has 1 heterocycles. The monoisotopic (exact) mass is 256 g/mol. The standard InChI is InChI=1S/C15H20N4/c1-10-6-5-9-12(13(10)16)15-17-14(18-19-15)11-7-3-2-4-8-11/h5-6,9,11H,2-4,7-8,16H2,1H3,(H,17,18,19). The van der Waals surface area contributed by atoms with Crippen molar-refractivity contribution in [2.24, 2.45) is 0 Å². The first kappa shape index (κ1) is 12.2. The molecule has 1 saturated carbocycles. The van der Waals surface area contributed by atoms with Crippen LogP contribution in [0.3, 0.4) is 0 Å². The molecule has 3 N–H and O–H groups in total. The number of rotatable bonds is 2. The van der Waals surface area contributed by atoms with Crippen molar-refractivity contribution in [3.63, 3.8) is 0 Å². The predicted molar refractivity (Wildman–Crippen MR) is 76.8 cm³/mol. The Kier molecular flexibility index (Phi) is 3.23. The summed E-state index contributed by atoms with van der Waals surface area (Å²) in [4.78, 5) is 4.66. The highest BCUT2D eigenvalue weighted by Gasteiger charge is 2.20. The van der Waals surface area contributed by atoms with Gasteiger partial charge in [0.2, 0.25) is 0 Å². The van der Waals surface area contributed by atoms with E-state index in [1.54, 1.807) is 0 Å². The molecule has 1 fully saturated rings. The average molecular weight is 256 g/mol. The van der Waals surface area contributed by atoms with Gasteiger partial charge in [0.05, 0.1) is 0 Å². The molecule has 0 atom stereocenters. The average Bonchev–Trinajstić information content (AvgIpc) is 2.92. The molecule has 3 rings (SSSR count). The highest BCUT2D eigenvalue weighted by molar-refractivity contribution is 5.73. The second-order valence-corrected chi connectivity index (χ2v) is 5.42. The first-order chi connectivity index (χ1) is 9.25. The summed E-state index contributed by atoms with van der Waals surface area (Å²) in [6.07, 6.45) is 6.39. The first-order valence-electron chi connectivity index (χ1n) is 7.03. The zero-order valence-corrected chi connectivity index (χ0v) is 11.3. The molecule has 1 aliphatic rings. The van der Waals surface area contributed by atoms with E-state index < -0.39 is 0 Å². The van der Waals surface area contributed by atoms with Crippen molar-refractivity contribution in [3.05, 3.63) is 29.6 Å². The molecular weight excluding hydrogens is 236 g/mol. The Morgan fingerprint density at radius 3 is 2.79 bits per heavy atom. The smallest absolute Gasteiger partial charge is 0.183 e. The minimum absolute atomic E-state index is 0.543. The van der Waals surface area contributed by atoms with Crippen LogP contribution in [0.2, 0.25) is 0 Å². The fourth-order valence-electron chi connectivity index (χ4n) is 2.83. The number of nitrogen functional groups attached to an aromatic ring is 1. The van der Waals surface area contributed by atoms with E-state index in [1.165, 1.54) is 32.1 Å². The highest BCUT2D eigenvalue weighted by Crippen LogP contribution is 2.32. The number of benzene rings is 1. The zero-order valence-electron chi connectivity index (χ0n) is 11.3. The molecular formula is C15H20N4. The molecule has 1 aliphatic carbocycles. The molecule has 0 aliphatic heterocycles. The Morgan fingerprint density at radius 1 is 1.21 bits per heavy atom. The van der Waals surface area contributed by atoms with Crippen molar-refractivity contribution in [1.29, 1.82) is 0 Å². The van der Waals surface area contributed by atoms with Gasteiger partial charge in [0.15, 0.2) is 5.82 Å². The normalized spacial score (nSPS) is 16.7. The maximum absolute atomic E-state index is 6.11. The number of aromatic amines is 1. The highest BCUT2D eigenvalue weighted by atomic mass is 15.2. The maximum atomic E-state index is 6.11. The van der Waals surface area contributed by atoms with Crippen molar-refractivity contribution in [3.8, 4) is 11.4 Å². The van der Waals surface area contributed by atoms with Gasteiger partial charge in [-0.05, 0) is 31.4 Å². The molecule has 0 unspecified atom stereocenters. The summed E-state index contributed by atoms with van der Waals surface area (Å²) in [5.74, 6) is 2.29. The molecule has 0 spiro atoms.